The molecule has 0 aromatic rings. The van der Waals surface area contributed by atoms with Crippen LogP contribution in [0.25, 0.3) is 0 Å². The fourth-order valence-corrected chi connectivity index (χ4v) is 0.630. The van der Waals surface area contributed by atoms with Crippen LogP contribution in [0.15, 0.2) is 20.4 Å². The van der Waals surface area contributed by atoms with E-state index >= 15 is 0 Å². The number of hydrazine groups is 2. The van der Waals surface area contributed by atoms with Gasteiger partial charge < -0.3 is 17.3 Å². The molecule has 19 heavy (non-hydrogen) atoms. The van der Waals surface area contributed by atoms with E-state index in [4.69, 9.17) is 17.3 Å². The fraction of sp³-hybridized carbons (Fsp3) is 0.200. The van der Waals surface area contributed by atoms with E-state index in [-0.39, 0.29) is 11.9 Å². The third-order valence-corrected chi connectivity index (χ3v) is 1.24. The molecule has 0 aromatic heterocycles. The second-order valence-corrected chi connectivity index (χ2v) is 2.59. The highest BCUT2D eigenvalue weighted by molar-refractivity contribution is 5.90. The number of hydrogen-bond donors (Lipinski definition) is 10. The van der Waals surface area contributed by atoms with Gasteiger partial charge in [-0.1, -0.05) is 0 Å². The Bertz CT molecular complexity index is 353. The first-order valence-corrected chi connectivity index (χ1v) is 4.77. The largest absolute Gasteiger partial charge is 0.388 e. The van der Waals surface area contributed by atoms with Crippen LogP contribution in [0.1, 0.15) is 0 Å². The van der Waals surface area contributed by atoms with Gasteiger partial charge in [-0.05, 0) is 7.05 Å². The van der Waals surface area contributed by atoms with E-state index < -0.39 is 0 Å². The van der Waals surface area contributed by atoms with Gasteiger partial charge in [0.25, 0.3) is 11.9 Å². The summed E-state index contributed by atoms with van der Waals surface area (Å²) in [6.07, 6.45) is 1.08. The number of guanidine groups is 3. The minimum absolute atomic E-state index is 0.0447. The molecule has 0 saturated carbocycles. The van der Waals surface area contributed by atoms with Crippen molar-refractivity contribution >= 4 is 24.2 Å². The Morgan fingerprint density at radius 3 is 2.58 bits per heavy atom. The van der Waals surface area contributed by atoms with Gasteiger partial charge in [0.1, 0.15) is 6.34 Å². The van der Waals surface area contributed by atoms with E-state index in [2.05, 4.69) is 58.8 Å². The third kappa shape index (κ3) is 7.82. The molecule has 0 saturated heterocycles. The molecule has 0 aromatic carbocycles. The molecule has 0 unspecified atom stereocenters. The SMILES string of the molecule is CNN.N/C=N\NC1=NN/C(=N/N/C(N)=N/N)NN1. The van der Waals surface area contributed by atoms with Gasteiger partial charge in [-0.15, -0.1) is 15.3 Å². The van der Waals surface area contributed by atoms with E-state index in [1.54, 1.807) is 7.05 Å². The van der Waals surface area contributed by atoms with E-state index in [9.17, 15) is 0 Å². The van der Waals surface area contributed by atoms with Crippen LogP contribution < -0.4 is 55.7 Å². The average Bonchev–Trinajstić information content (AvgIpc) is 2.44. The molecule has 0 radical (unpaired) electrons. The van der Waals surface area contributed by atoms with Crippen molar-refractivity contribution in [3.05, 3.63) is 0 Å². The van der Waals surface area contributed by atoms with Crippen molar-refractivity contribution in [2.24, 2.45) is 43.6 Å². The summed E-state index contributed by atoms with van der Waals surface area (Å²) in [7, 11) is 1.65. The first kappa shape index (κ1) is 16.0. The quantitative estimate of drug-likeness (QED) is 0.0993. The van der Waals surface area contributed by atoms with Gasteiger partial charge in [-0.3, -0.25) is 22.1 Å². The molecule has 0 spiro atoms. The fourth-order valence-electron chi connectivity index (χ4n) is 0.630. The zero-order valence-electron chi connectivity index (χ0n) is 10.2. The summed E-state index contributed by atoms with van der Waals surface area (Å²) in [6, 6.07) is 0. The Kier molecular flexibility index (Phi) is 8.57. The van der Waals surface area contributed by atoms with Gasteiger partial charge >= 0.3 is 0 Å². The van der Waals surface area contributed by atoms with Gasteiger partial charge in [0.15, 0.2) is 0 Å². The Morgan fingerprint density at radius 2 is 2.11 bits per heavy atom. The van der Waals surface area contributed by atoms with Gasteiger partial charge in [-0.2, -0.15) is 5.10 Å². The molecule has 1 aliphatic rings. The molecule has 14 heteroatoms. The van der Waals surface area contributed by atoms with E-state index in [0.29, 0.717) is 5.96 Å². The molecular weight excluding hydrogens is 256 g/mol. The minimum Gasteiger partial charge on any atom is -0.388 e. The Labute approximate surface area is 108 Å². The van der Waals surface area contributed by atoms with E-state index in [1.807, 2.05) is 0 Å². The van der Waals surface area contributed by atoms with Gasteiger partial charge in [-0.25, -0.2) is 16.3 Å². The van der Waals surface area contributed by atoms with Crippen LogP contribution in [0.5, 0.6) is 0 Å². The summed E-state index contributed by atoms with van der Waals surface area (Å²) in [4.78, 5) is 0. The molecular formula is C5H18N14. The molecule has 1 rings (SSSR count). The van der Waals surface area contributed by atoms with Crippen molar-refractivity contribution in [3.63, 3.8) is 0 Å². The first-order valence-electron chi connectivity index (χ1n) is 4.77. The summed E-state index contributed by atoms with van der Waals surface area (Å²) in [5, 5.41) is 14.2. The lowest BCUT2D eigenvalue weighted by molar-refractivity contribution is 0.707. The van der Waals surface area contributed by atoms with Crippen molar-refractivity contribution < 1.29 is 0 Å². The second-order valence-electron chi connectivity index (χ2n) is 2.59. The number of nitrogens with two attached hydrogens (primary N) is 4. The van der Waals surface area contributed by atoms with Crippen LogP contribution >= 0.6 is 0 Å². The summed E-state index contributed by atoms with van der Waals surface area (Å²) in [5.74, 6) is 9.99. The molecule has 108 valence electrons. The Morgan fingerprint density at radius 1 is 1.42 bits per heavy atom. The topological polar surface area (TPSA) is 226 Å². The maximum Gasteiger partial charge on any atom is 0.253 e. The third-order valence-electron chi connectivity index (χ3n) is 1.24. The van der Waals surface area contributed by atoms with E-state index in [0.717, 1.165) is 6.34 Å². The molecule has 14 N–H and O–H groups in total. The zero-order valence-corrected chi connectivity index (χ0v) is 10.2. The smallest absolute Gasteiger partial charge is 0.253 e. The highest BCUT2D eigenvalue weighted by Gasteiger charge is 2.06. The number of hydrogen-bond acceptors (Lipinski definition) is 9. The predicted molar refractivity (Wildman–Crippen MR) is 72.3 cm³/mol. The van der Waals surface area contributed by atoms with Crippen LogP contribution in [-0.4, -0.2) is 31.3 Å². The lowest BCUT2D eigenvalue weighted by Crippen LogP contribution is -2.56. The summed E-state index contributed by atoms with van der Waals surface area (Å²) >= 11 is 0. The van der Waals surface area contributed by atoms with Gasteiger partial charge in [0.2, 0.25) is 5.96 Å². The molecule has 0 bridgehead atoms. The van der Waals surface area contributed by atoms with Gasteiger partial charge in [0, 0.05) is 0 Å². The van der Waals surface area contributed by atoms with Crippen LogP contribution in [0.2, 0.25) is 0 Å². The lowest BCUT2D eigenvalue weighted by atomic mass is 10.9. The summed E-state index contributed by atoms with van der Waals surface area (Å²) in [5.41, 5.74) is 25.1. The Hall–Kier alpha value is -3.00. The second kappa shape index (κ2) is 10.2. The number of nitrogens with zero attached hydrogens (tertiary/aromatic N) is 4. The average molecular weight is 274 g/mol. The molecule has 0 atom stereocenters. The van der Waals surface area contributed by atoms with Crippen molar-refractivity contribution in [1.29, 1.82) is 0 Å². The highest BCUT2D eigenvalue weighted by Crippen LogP contribution is 1.74. The van der Waals surface area contributed by atoms with E-state index in [1.165, 1.54) is 0 Å². The molecule has 0 fully saturated rings. The molecule has 14 nitrogen and oxygen atoms in total. The standard InChI is InChI=1S/C4H12N12.CH6N2/c5-1-8-11-3-13-15-4(16-14-3)12-10-2(6)9-7;1-3-2/h1H,7H2,(H2,5,8)(H3,6,9,10)(H2,11,13,14)(H2,12,15,16);3H,2H2,1H3. The predicted octanol–water partition coefficient (Wildman–Crippen LogP) is -5.43. The zero-order chi connectivity index (χ0) is 14.5. The summed E-state index contributed by atoms with van der Waals surface area (Å²) in [6.45, 7) is 0. The molecule has 1 aliphatic heterocycles. The Balaban J connectivity index is 0.000000982. The lowest BCUT2D eigenvalue weighted by Gasteiger charge is -2.17. The molecule has 1 heterocycles. The highest BCUT2D eigenvalue weighted by atomic mass is 15.6. The van der Waals surface area contributed by atoms with Crippen molar-refractivity contribution in [1.82, 2.24) is 32.6 Å². The molecule has 0 amide bonds. The van der Waals surface area contributed by atoms with Crippen LogP contribution in [0.3, 0.4) is 0 Å². The normalized spacial score (nSPS) is 16.4. The van der Waals surface area contributed by atoms with Crippen LogP contribution in [0.4, 0.5) is 0 Å². The summed E-state index contributed by atoms with van der Waals surface area (Å²) < 4.78 is 0. The maximum atomic E-state index is 5.23. The van der Waals surface area contributed by atoms with Crippen molar-refractivity contribution in [2.45, 2.75) is 0 Å². The monoisotopic (exact) mass is 274 g/mol. The number of hydrazone groups is 4. The van der Waals surface area contributed by atoms with Crippen molar-refractivity contribution in [3.8, 4) is 0 Å². The van der Waals surface area contributed by atoms with Gasteiger partial charge in [0.05, 0.1) is 0 Å². The van der Waals surface area contributed by atoms with Crippen LogP contribution in [-0.2, 0) is 0 Å². The first-order chi connectivity index (χ1) is 9.17. The maximum absolute atomic E-state index is 5.23. The number of rotatable bonds is 2. The van der Waals surface area contributed by atoms with Crippen LogP contribution in [0, 0.1) is 0 Å². The van der Waals surface area contributed by atoms with Crippen molar-refractivity contribution in [2.75, 3.05) is 7.05 Å². The molecule has 0 aliphatic carbocycles. The number of nitrogens with one attached hydrogen (secondary N) is 6. The minimum atomic E-state index is -0.0447.